The van der Waals surface area contributed by atoms with Crippen molar-refractivity contribution >= 4 is 10.8 Å². The zero-order valence-corrected chi connectivity index (χ0v) is 8.12. The second kappa shape index (κ2) is 3.31. The van der Waals surface area contributed by atoms with E-state index in [4.69, 9.17) is 5.73 Å². The van der Waals surface area contributed by atoms with E-state index in [9.17, 15) is 5.11 Å². The van der Waals surface area contributed by atoms with Crippen LogP contribution < -0.4 is 5.73 Å². The molecular weight excluding hydrogens is 174 g/mol. The van der Waals surface area contributed by atoms with Gasteiger partial charge in [-0.25, -0.2) is 0 Å². The molecule has 0 bridgehead atoms. The van der Waals surface area contributed by atoms with Gasteiger partial charge in [0.05, 0.1) is 0 Å². The second-order valence-corrected chi connectivity index (χ2v) is 3.46. The van der Waals surface area contributed by atoms with Crippen molar-refractivity contribution in [1.82, 2.24) is 0 Å². The molecule has 0 atom stereocenters. The molecule has 0 aliphatic rings. The predicted octanol–water partition coefficient (Wildman–Crippen LogP) is 2.31. The summed E-state index contributed by atoms with van der Waals surface area (Å²) in [6.45, 7) is 2.62. The van der Waals surface area contributed by atoms with Crippen LogP contribution in [0, 0.1) is 6.92 Å². The number of benzene rings is 2. The minimum absolute atomic E-state index is 0.303. The molecule has 0 fully saturated rings. The molecule has 0 heterocycles. The number of aryl methyl sites for hydroxylation is 1. The highest BCUT2D eigenvalue weighted by molar-refractivity contribution is 5.87. The van der Waals surface area contributed by atoms with E-state index in [2.05, 4.69) is 6.92 Å². The van der Waals surface area contributed by atoms with Crippen molar-refractivity contribution in [3.8, 4) is 5.75 Å². The predicted molar refractivity (Wildman–Crippen MR) is 58.2 cm³/mol. The minimum Gasteiger partial charge on any atom is -0.508 e. The lowest BCUT2D eigenvalue weighted by Gasteiger charge is -2.07. The summed E-state index contributed by atoms with van der Waals surface area (Å²) in [5, 5.41) is 11.5. The molecule has 0 saturated carbocycles. The van der Waals surface area contributed by atoms with E-state index in [1.54, 1.807) is 12.1 Å². The third kappa shape index (κ3) is 1.34. The number of hydrogen-bond donors (Lipinski definition) is 2. The number of hydrogen-bond acceptors (Lipinski definition) is 2. The first-order valence-electron chi connectivity index (χ1n) is 4.63. The third-order valence-corrected chi connectivity index (χ3v) is 2.60. The van der Waals surface area contributed by atoms with Gasteiger partial charge in [0.15, 0.2) is 0 Å². The number of rotatable bonds is 1. The van der Waals surface area contributed by atoms with E-state index in [0.29, 0.717) is 12.3 Å². The fourth-order valence-electron chi connectivity index (χ4n) is 1.74. The zero-order chi connectivity index (χ0) is 10.1. The van der Waals surface area contributed by atoms with Crippen LogP contribution in [0.25, 0.3) is 10.8 Å². The van der Waals surface area contributed by atoms with Crippen molar-refractivity contribution in [3.63, 3.8) is 0 Å². The summed E-state index contributed by atoms with van der Waals surface area (Å²) >= 11 is 0. The lowest BCUT2D eigenvalue weighted by atomic mass is 10.00. The van der Waals surface area contributed by atoms with Crippen molar-refractivity contribution in [2.24, 2.45) is 5.73 Å². The number of phenolic OH excluding ortho intramolecular Hbond substituents is 1. The third-order valence-electron chi connectivity index (χ3n) is 2.60. The Kier molecular flexibility index (Phi) is 2.14. The van der Waals surface area contributed by atoms with E-state index in [-0.39, 0.29) is 0 Å². The van der Waals surface area contributed by atoms with Gasteiger partial charge in [-0.15, -0.1) is 0 Å². The van der Waals surface area contributed by atoms with Gasteiger partial charge in [0, 0.05) is 6.54 Å². The molecule has 0 aromatic heterocycles. The number of fused-ring (bicyclic) bond motifs is 1. The van der Waals surface area contributed by atoms with Crippen LogP contribution in [0.15, 0.2) is 30.3 Å². The highest BCUT2D eigenvalue weighted by Crippen LogP contribution is 2.24. The Morgan fingerprint density at radius 2 is 2.00 bits per heavy atom. The first kappa shape index (κ1) is 9.03. The molecule has 72 valence electrons. The summed E-state index contributed by atoms with van der Waals surface area (Å²) < 4.78 is 0. The Labute approximate surface area is 83.0 Å². The summed E-state index contributed by atoms with van der Waals surface area (Å²) in [6, 6.07) is 9.40. The van der Waals surface area contributed by atoms with Crippen LogP contribution in [0.2, 0.25) is 0 Å². The molecule has 0 aliphatic heterocycles. The van der Waals surface area contributed by atoms with Crippen molar-refractivity contribution in [2.75, 3.05) is 0 Å². The minimum atomic E-state index is 0.303. The summed E-state index contributed by atoms with van der Waals surface area (Å²) in [4.78, 5) is 0. The molecule has 2 rings (SSSR count). The Hall–Kier alpha value is -1.54. The van der Waals surface area contributed by atoms with Gasteiger partial charge >= 0.3 is 0 Å². The average Bonchev–Trinajstić information content (AvgIpc) is 2.18. The number of aromatic hydroxyl groups is 1. The van der Waals surface area contributed by atoms with Gasteiger partial charge in [-0.3, -0.25) is 0 Å². The van der Waals surface area contributed by atoms with Gasteiger partial charge in [-0.1, -0.05) is 18.2 Å². The molecule has 0 spiro atoms. The largest absolute Gasteiger partial charge is 0.508 e. The van der Waals surface area contributed by atoms with Crippen LogP contribution in [0.4, 0.5) is 0 Å². The van der Waals surface area contributed by atoms with Gasteiger partial charge in [0.25, 0.3) is 0 Å². The molecule has 2 aromatic carbocycles. The van der Waals surface area contributed by atoms with Crippen LogP contribution >= 0.6 is 0 Å². The maximum atomic E-state index is 9.32. The molecule has 0 amide bonds. The fourth-order valence-corrected chi connectivity index (χ4v) is 1.74. The molecule has 0 radical (unpaired) electrons. The monoisotopic (exact) mass is 187 g/mol. The fraction of sp³-hybridized carbons (Fsp3) is 0.167. The molecule has 2 heteroatoms. The van der Waals surface area contributed by atoms with Gasteiger partial charge in [0.1, 0.15) is 5.75 Å². The molecule has 3 N–H and O–H groups in total. The quantitative estimate of drug-likeness (QED) is 0.719. The smallest absolute Gasteiger partial charge is 0.116 e. The normalized spacial score (nSPS) is 10.7. The Bertz CT molecular complexity index is 477. The first-order chi connectivity index (χ1) is 6.72. The molecular formula is C12H13NO. The summed E-state index contributed by atoms with van der Waals surface area (Å²) in [7, 11) is 0. The van der Waals surface area contributed by atoms with Gasteiger partial charge < -0.3 is 10.8 Å². The summed E-state index contributed by atoms with van der Waals surface area (Å²) in [6.07, 6.45) is 0. The summed E-state index contributed by atoms with van der Waals surface area (Å²) in [5.41, 5.74) is 7.98. The average molecular weight is 187 g/mol. The highest BCUT2D eigenvalue weighted by atomic mass is 16.3. The van der Waals surface area contributed by atoms with Crippen molar-refractivity contribution in [2.45, 2.75) is 13.5 Å². The lowest BCUT2D eigenvalue weighted by molar-refractivity contribution is 0.476. The molecule has 0 unspecified atom stereocenters. The molecule has 2 nitrogen and oxygen atoms in total. The lowest BCUT2D eigenvalue weighted by Crippen LogP contribution is -1.99. The molecule has 2 aromatic rings. The van der Waals surface area contributed by atoms with Crippen LogP contribution in [0.5, 0.6) is 5.75 Å². The van der Waals surface area contributed by atoms with Gasteiger partial charge in [0.2, 0.25) is 0 Å². The van der Waals surface area contributed by atoms with E-state index in [1.807, 2.05) is 18.2 Å². The second-order valence-electron chi connectivity index (χ2n) is 3.46. The summed E-state index contributed by atoms with van der Waals surface area (Å²) in [5.74, 6) is 0.303. The molecule has 0 saturated heterocycles. The Morgan fingerprint density at radius 3 is 2.71 bits per heavy atom. The maximum Gasteiger partial charge on any atom is 0.116 e. The van der Waals surface area contributed by atoms with Crippen molar-refractivity contribution in [1.29, 1.82) is 0 Å². The number of nitrogens with two attached hydrogens (primary N) is 1. The van der Waals surface area contributed by atoms with E-state index in [0.717, 1.165) is 16.3 Å². The first-order valence-corrected chi connectivity index (χ1v) is 4.63. The van der Waals surface area contributed by atoms with Crippen molar-refractivity contribution in [3.05, 3.63) is 41.5 Å². The van der Waals surface area contributed by atoms with Crippen LogP contribution in [0.1, 0.15) is 11.1 Å². The SMILES string of the molecule is Cc1c(CN)ccc2cc(O)ccc12. The Morgan fingerprint density at radius 1 is 1.21 bits per heavy atom. The highest BCUT2D eigenvalue weighted by Gasteiger charge is 2.02. The molecule has 14 heavy (non-hydrogen) atoms. The molecule has 0 aliphatic carbocycles. The van der Waals surface area contributed by atoms with E-state index < -0.39 is 0 Å². The maximum absolute atomic E-state index is 9.32. The van der Waals surface area contributed by atoms with E-state index >= 15 is 0 Å². The van der Waals surface area contributed by atoms with Gasteiger partial charge in [-0.05, 0) is 41.0 Å². The van der Waals surface area contributed by atoms with Crippen molar-refractivity contribution < 1.29 is 5.11 Å². The van der Waals surface area contributed by atoms with Gasteiger partial charge in [-0.2, -0.15) is 0 Å². The van der Waals surface area contributed by atoms with Crippen LogP contribution in [-0.2, 0) is 6.54 Å². The van der Waals surface area contributed by atoms with Crippen LogP contribution in [-0.4, -0.2) is 5.11 Å². The Balaban J connectivity index is 2.77. The van der Waals surface area contributed by atoms with Crippen LogP contribution in [0.3, 0.4) is 0 Å². The zero-order valence-electron chi connectivity index (χ0n) is 8.12. The number of phenols is 1. The standard InChI is InChI=1S/C12H13NO/c1-8-10(7-13)3-2-9-6-11(14)4-5-12(8)9/h2-6,14H,7,13H2,1H3. The topological polar surface area (TPSA) is 46.2 Å². The van der Waals surface area contributed by atoms with E-state index in [1.165, 1.54) is 5.56 Å².